The molecule has 106 valence electrons. The molecule has 1 aromatic rings. The predicted octanol–water partition coefficient (Wildman–Crippen LogP) is 1.21. The van der Waals surface area contributed by atoms with Crippen LogP contribution in [0.4, 0.5) is 5.69 Å². The van der Waals surface area contributed by atoms with Crippen molar-refractivity contribution in [1.29, 1.82) is 0 Å². The molecule has 3 N–H and O–H groups in total. The Labute approximate surface area is 115 Å². The van der Waals surface area contributed by atoms with E-state index in [9.17, 15) is 5.11 Å². The van der Waals surface area contributed by atoms with Crippen LogP contribution in [0, 0.1) is 0 Å². The SMILES string of the molecule is CC(C)N1CCN(c2ccccc2C(N)CO)CC1. The highest BCUT2D eigenvalue weighted by atomic mass is 16.3. The van der Waals surface area contributed by atoms with Crippen molar-refractivity contribution in [1.82, 2.24) is 4.90 Å². The molecule has 0 amide bonds. The van der Waals surface area contributed by atoms with Crippen molar-refractivity contribution >= 4 is 5.69 Å². The highest BCUT2D eigenvalue weighted by Crippen LogP contribution is 2.26. The second kappa shape index (κ2) is 6.37. The number of nitrogens with zero attached hydrogens (tertiary/aromatic N) is 2. The average Bonchev–Trinajstić information content (AvgIpc) is 2.46. The number of benzene rings is 1. The molecule has 19 heavy (non-hydrogen) atoms. The molecule has 0 bridgehead atoms. The average molecular weight is 263 g/mol. The summed E-state index contributed by atoms with van der Waals surface area (Å²) in [6.45, 7) is 8.68. The van der Waals surface area contributed by atoms with E-state index in [0.717, 1.165) is 31.7 Å². The smallest absolute Gasteiger partial charge is 0.0625 e. The van der Waals surface area contributed by atoms with Crippen LogP contribution in [-0.2, 0) is 0 Å². The van der Waals surface area contributed by atoms with Crippen molar-refractivity contribution in [2.24, 2.45) is 5.73 Å². The summed E-state index contributed by atoms with van der Waals surface area (Å²) < 4.78 is 0. The summed E-state index contributed by atoms with van der Waals surface area (Å²) in [5.74, 6) is 0. The first-order valence-corrected chi connectivity index (χ1v) is 7.08. The second-order valence-electron chi connectivity index (χ2n) is 5.46. The van der Waals surface area contributed by atoms with Crippen LogP contribution in [0.5, 0.6) is 0 Å². The van der Waals surface area contributed by atoms with Gasteiger partial charge in [-0.25, -0.2) is 0 Å². The van der Waals surface area contributed by atoms with E-state index in [1.165, 1.54) is 5.69 Å². The van der Waals surface area contributed by atoms with Gasteiger partial charge in [-0.05, 0) is 25.5 Å². The molecule has 4 nitrogen and oxygen atoms in total. The molecule has 0 saturated carbocycles. The Morgan fingerprint density at radius 3 is 2.37 bits per heavy atom. The Morgan fingerprint density at radius 2 is 1.79 bits per heavy atom. The lowest BCUT2D eigenvalue weighted by Gasteiger charge is -2.39. The third-order valence-corrected chi connectivity index (χ3v) is 3.92. The molecule has 0 aromatic heterocycles. The zero-order valence-electron chi connectivity index (χ0n) is 11.9. The quantitative estimate of drug-likeness (QED) is 0.857. The van der Waals surface area contributed by atoms with Gasteiger partial charge in [0.1, 0.15) is 0 Å². The third kappa shape index (κ3) is 3.26. The zero-order valence-corrected chi connectivity index (χ0v) is 11.9. The summed E-state index contributed by atoms with van der Waals surface area (Å²) in [4.78, 5) is 4.87. The van der Waals surface area contributed by atoms with Gasteiger partial charge in [0.05, 0.1) is 12.6 Å². The van der Waals surface area contributed by atoms with Gasteiger partial charge in [-0.3, -0.25) is 4.90 Å². The Hall–Kier alpha value is -1.10. The fourth-order valence-corrected chi connectivity index (χ4v) is 2.67. The topological polar surface area (TPSA) is 52.7 Å². The minimum atomic E-state index is -0.292. The van der Waals surface area contributed by atoms with E-state index in [4.69, 9.17) is 5.73 Å². The van der Waals surface area contributed by atoms with Gasteiger partial charge in [0.25, 0.3) is 0 Å². The summed E-state index contributed by atoms with van der Waals surface area (Å²) in [6.07, 6.45) is 0. The molecule has 1 aliphatic rings. The zero-order chi connectivity index (χ0) is 13.8. The highest BCUT2D eigenvalue weighted by molar-refractivity contribution is 5.55. The lowest BCUT2D eigenvalue weighted by molar-refractivity contribution is 0.209. The molecular weight excluding hydrogens is 238 g/mol. The number of aliphatic hydroxyl groups is 1. The maximum Gasteiger partial charge on any atom is 0.0625 e. The van der Waals surface area contributed by atoms with Gasteiger partial charge in [0.15, 0.2) is 0 Å². The molecule has 4 heteroatoms. The number of hydrogen-bond donors (Lipinski definition) is 2. The van der Waals surface area contributed by atoms with Gasteiger partial charge in [0.2, 0.25) is 0 Å². The van der Waals surface area contributed by atoms with E-state index in [1.54, 1.807) is 0 Å². The molecular formula is C15H25N3O. The first-order valence-electron chi connectivity index (χ1n) is 7.08. The minimum absolute atomic E-state index is 0.0109. The number of hydrogen-bond acceptors (Lipinski definition) is 4. The maximum atomic E-state index is 9.27. The molecule has 0 radical (unpaired) electrons. The largest absolute Gasteiger partial charge is 0.394 e. The number of nitrogens with two attached hydrogens (primary N) is 1. The predicted molar refractivity (Wildman–Crippen MR) is 79.4 cm³/mol. The summed E-state index contributed by atoms with van der Waals surface area (Å²) in [7, 11) is 0. The van der Waals surface area contributed by atoms with Gasteiger partial charge in [-0.1, -0.05) is 18.2 Å². The fraction of sp³-hybridized carbons (Fsp3) is 0.600. The molecule has 1 heterocycles. The minimum Gasteiger partial charge on any atom is -0.394 e. The number of piperazine rings is 1. The lowest BCUT2D eigenvalue weighted by Crippen LogP contribution is -2.49. The van der Waals surface area contributed by atoms with Crippen LogP contribution >= 0.6 is 0 Å². The van der Waals surface area contributed by atoms with Crippen molar-refractivity contribution in [3.63, 3.8) is 0 Å². The van der Waals surface area contributed by atoms with Crippen LogP contribution in [0.3, 0.4) is 0 Å². The second-order valence-corrected chi connectivity index (χ2v) is 5.46. The highest BCUT2D eigenvalue weighted by Gasteiger charge is 2.21. The standard InChI is InChI=1S/C15H25N3O/c1-12(2)17-7-9-18(10-8-17)15-6-4-3-5-13(15)14(16)11-19/h3-6,12,14,19H,7-11,16H2,1-2H3. The van der Waals surface area contributed by atoms with E-state index in [-0.39, 0.29) is 12.6 Å². The maximum absolute atomic E-state index is 9.27. The first-order chi connectivity index (χ1) is 9.13. The molecule has 0 spiro atoms. The van der Waals surface area contributed by atoms with Crippen molar-refractivity contribution in [2.45, 2.75) is 25.9 Å². The third-order valence-electron chi connectivity index (χ3n) is 3.92. The normalized spacial score (nSPS) is 18.9. The first kappa shape index (κ1) is 14.3. The number of aliphatic hydroxyl groups excluding tert-OH is 1. The Kier molecular flexibility index (Phi) is 4.80. The molecule has 0 aliphatic carbocycles. The van der Waals surface area contributed by atoms with E-state index >= 15 is 0 Å². The van der Waals surface area contributed by atoms with E-state index in [1.807, 2.05) is 18.2 Å². The molecule has 2 rings (SSSR count). The van der Waals surface area contributed by atoms with Gasteiger partial charge < -0.3 is 15.7 Å². The molecule has 1 atom stereocenters. The van der Waals surface area contributed by atoms with Crippen LogP contribution in [-0.4, -0.2) is 48.8 Å². The number of para-hydroxylation sites is 1. The summed E-state index contributed by atoms with van der Waals surface area (Å²) in [5.41, 5.74) is 8.21. The molecule has 1 fully saturated rings. The molecule has 1 aromatic carbocycles. The molecule has 1 unspecified atom stereocenters. The number of rotatable bonds is 4. The van der Waals surface area contributed by atoms with E-state index in [2.05, 4.69) is 29.7 Å². The van der Waals surface area contributed by atoms with Crippen LogP contribution in [0.15, 0.2) is 24.3 Å². The molecule has 1 saturated heterocycles. The molecule has 1 aliphatic heterocycles. The van der Waals surface area contributed by atoms with Crippen LogP contribution < -0.4 is 10.6 Å². The Balaban J connectivity index is 2.11. The Bertz CT molecular complexity index is 400. The number of anilines is 1. The van der Waals surface area contributed by atoms with Crippen molar-refractivity contribution < 1.29 is 5.11 Å². The van der Waals surface area contributed by atoms with Crippen molar-refractivity contribution in [3.05, 3.63) is 29.8 Å². The van der Waals surface area contributed by atoms with Crippen LogP contribution in [0.25, 0.3) is 0 Å². The Morgan fingerprint density at radius 1 is 1.16 bits per heavy atom. The fourth-order valence-electron chi connectivity index (χ4n) is 2.67. The van der Waals surface area contributed by atoms with Crippen LogP contribution in [0.2, 0.25) is 0 Å². The monoisotopic (exact) mass is 263 g/mol. The van der Waals surface area contributed by atoms with Gasteiger partial charge >= 0.3 is 0 Å². The van der Waals surface area contributed by atoms with Crippen molar-refractivity contribution in [2.75, 3.05) is 37.7 Å². The van der Waals surface area contributed by atoms with E-state index < -0.39 is 0 Å². The van der Waals surface area contributed by atoms with E-state index in [0.29, 0.717) is 6.04 Å². The van der Waals surface area contributed by atoms with Gasteiger partial charge in [-0.2, -0.15) is 0 Å². The summed E-state index contributed by atoms with van der Waals surface area (Å²) in [5, 5.41) is 9.27. The van der Waals surface area contributed by atoms with Crippen LogP contribution in [0.1, 0.15) is 25.5 Å². The van der Waals surface area contributed by atoms with Gasteiger partial charge in [-0.15, -0.1) is 0 Å². The lowest BCUT2D eigenvalue weighted by atomic mass is 10.0. The summed E-state index contributed by atoms with van der Waals surface area (Å²) >= 11 is 0. The summed E-state index contributed by atoms with van der Waals surface area (Å²) in [6, 6.07) is 8.47. The van der Waals surface area contributed by atoms with Crippen molar-refractivity contribution in [3.8, 4) is 0 Å². The van der Waals surface area contributed by atoms with Gasteiger partial charge in [0, 0.05) is 37.9 Å².